The molecule has 0 aliphatic heterocycles. The van der Waals surface area contributed by atoms with Gasteiger partial charge in [0.1, 0.15) is 5.69 Å². The molecule has 16 heavy (non-hydrogen) atoms. The van der Waals surface area contributed by atoms with Crippen molar-refractivity contribution in [2.45, 2.75) is 25.3 Å². The SMILES string of the molecule is NC(=O)c1cc(C(=O)NC2CCC2)ccn1. The quantitative estimate of drug-likeness (QED) is 0.774. The van der Waals surface area contributed by atoms with Gasteiger partial charge in [-0.15, -0.1) is 0 Å². The smallest absolute Gasteiger partial charge is 0.267 e. The van der Waals surface area contributed by atoms with E-state index >= 15 is 0 Å². The number of nitrogens with zero attached hydrogens (tertiary/aromatic N) is 1. The lowest BCUT2D eigenvalue weighted by molar-refractivity contribution is 0.0917. The molecule has 3 N–H and O–H groups in total. The summed E-state index contributed by atoms with van der Waals surface area (Å²) in [5.74, 6) is -0.798. The van der Waals surface area contributed by atoms with Crippen molar-refractivity contribution in [3.05, 3.63) is 29.6 Å². The van der Waals surface area contributed by atoms with Crippen LogP contribution in [0.1, 0.15) is 40.1 Å². The highest BCUT2D eigenvalue weighted by Gasteiger charge is 2.20. The molecule has 0 radical (unpaired) electrons. The first kappa shape index (κ1) is 10.6. The first-order valence-corrected chi connectivity index (χ1v) is 5.23. The first-order valence-electron chi connectivity index (χ1n) is 5.23. The molecule has 1 aliphatic rings. The normalized spacial score (nSPS) is 15.2. The first-order chi connectivity index (χ1) is 7.66. The molecule has 1 fully saturated rings. The average molecular weight is 219 g/mol. The van der Waals surface area contributed by atoms with E-state index in [-0.39, 0.29) is 17.6 Å². The standard InChI is InChI=1S/C11H13N3O2/c12-10(15)9-6-7(4-5-13-9)11(16)14-8-2-1-3-8/h4-6,8H,1-3H2,(H2,12,15)(H,14,16). The lowest BCUT2D eigenvalue weighted by Crippen LogP contribution is -2.39. The second-order valence-corrected chi connectivity index (χ2v) is 3.90. The summed E-state index contributed by atoms with van der Waals surface area (Å²) >= 11 is 0. The maximum absolute atomic E-state index is 11.7. The van der Waals surface area contributed by atoms with Gasteiger partial charge in [-0.25, -0.2) is 0 Å². The highest BCUT2D eigenvalue weighted by molar-refractivity contribution is 5.98. The third-order valence-corrected chi connectivity index (χ3v) is 2.71. The van der Waals surface area contributed by atoms with E-state index in [4.69, 9.17) is 5.73 Å². The summed E-state index contributed by atoms with van der Waals surface area (Å²) in [6.07, 6.45) is 4.63. The summed E-state index contributed by atoms with van der Waals surface area (Å²) < 4.78 is 0. The Bertz CT molecular complexity index is 427. The van der Waals surface area contributed by atoms with Crippen molar-refractivity contribution < 1.29 is 9.59 Å². The van der Waals surface area contributed by atoms with Gasteiger partial charge in [0.15, 0.2) is 0 Å². The van der Waals surface area contributed by atoms with Gasteiger partial charge < -0.3 is 11.1 Å². The summed E-state index contributed by atoms with van der Waals surface area (Å²) in [7, 11) is 0. The monoisotopic (exact) mass is 219 g/mol. The van der Waals surface area contributed by atoms with Crippen molar-refractivity contribution >= 4 is 11.8 Å². The zero-order chi connectivity index (χ0) is 11.5. The van der Waals surface area contributed by atoms with Crippen LogP contribution in [-0.4, -0.2) is 22.8 Å². The topological polar surface area (TPSA) is 85.1 Å². The third kappa shape index (κ3) is 2.18. The van der Waals surface area contributed by atoms with E-state index in [2.05, 4.69) is 10.3 Å². The van der Waals surface area contributed by atoms with Crippen molar-refractivity contribution in [1.29, 1.82) is 0 Å². The molecule has 1 aromatic rings. The molecule has 5 heteroatoms. The van der Waals surface area contributed by atoms with Crippen LogP contribution in [-0.2, 0) is 0 Å². The number of hydrogen-bond donors (Lipinski definition) is 2. The van der Waals surface area contributed by atoms with Gasteiger partial charge >= 0.3 is 0 Å². The summed E-state index contributed by atoms with van der Waals surface area (Å²) in [6, 6.07) is 3.26. The number of nitrogens with two attached hydrogens (primary N) is 1. The minimum Gasteiger partial charge on any atom is -0.364 e. The Morgan fingerprint density at radius 2 is 2.19 bits per heavy atom. The third-order valence-electron chi connectivity index (χ3n) is 2.71. The highest BCUT2D eigenvalue weighted by Crippen LogP contribution is 2.18. The van der Waals surface area contributed by atoms with Gasteiger partial charge in [0.05, 0.1) is 0 Å². The molecule has 0 spiro atoms. The van der Waals surface area contributed by atoms with Crippen LogP contribution in [0.5, 0.6) is 0 Å². The average Bonchev–Trinajstić information content (AvgIpc) is 2.23. The summed E-state index contributed by atoms with van der Waals surface area (Å²) in [4.78, 5) is 26.4. The van der Waals surface area contributed by atoms with Crippen LogP contribution < -0.4 is 11.1 Å². The molecule has 0 saturated heterocycles. The number of aromatic nitrogens is 1. The number of carbonyl (C=O) groups excluding carboxylic acids is 2. The molecule has 1 aliphatic carbocycles. The largest absolute Gasteiger partial charge is 0.364 e. The second-order valence-electron chi connectivity index (χ2n) is 3.90. The lowest BCUT2D eigenvalue weighted by Gasteiger charge is -2.26. The minimum absolute atomic E-state index is 0.112. The predicted octanol–water partition coefficient (Wildman–Crippen LogP) is 0.463. The molecular formula is C11H13N3O2. The van der Waals surface area contributed by atoms with Crippen LogP contribution >= 0.6 is 0 Å². The van der Waals surface area contributed by atoms with E-state index in [1.165, 1.54) is 12.3 Å². The van der Waals surface area contributed by atoms with Crippen LogP contribution in [0.3, 0.4) is 0 Å². The van der Waals surface area contributed by atoms with Crippen molar-refractivity contribution in [3.63, 3.8) is 0 Å². The van der Waals surface area contributed by atoms with E-state index in [9.17, 15) is 9.59 Å². The molecule has 0 bridgehead atoms. The number of rotatable bonds is 3. The Labute approximate surface area is 93.0 Å². The van der Waals surface area contributed by atoms with Crippen LogP contribution in [0, 0.1) is 0 Å². The van der Waals surface area contributed by atoms with Crippen LogP contribution in [0.25, 0.3) is 0 Å². The Morgan fingerprint density at radius 1 is 1.44 bits per heavy atom. The second kappa shape index (κ2) is 4.30. The zero-order valence-corrected chi connectivity index (χ0v) is 8.77. The number of primary amides is 1. The molecule has 2 amide bonds. The number of pyridine rings is 1. The van der Waals surface area contributed by atoms with Gasteiger partial charge in [-0.3, -0.25) is 14.6 Å². The van der Waals surface area contributed by atoms with Gasteiger partial charge in [0.2, 0.25) is 0 Å². The van der Waals surface area contributed by atoms with Crippen LogP contribution in [0.2, 0.25) is 0 Å². The van der Waals surface area contributed by atoms with Crippen molar-refractivity contribution in [2.24, 2.45) is 5.73 Å². The van der Waals surface area contributed by atoms with Crippen molar-refractivity contribution in [3.8, 4) is 0 Å². The fraction of sp³-hybridized carbons (Fsp3) is 0.364. The molecule has 1 heterocycles. The molecular weight excluding hydrogens is 206 g/mol. The van der Waals surface area contributed by atoms with Gasteiger partial charge in [-0.1, -0.05) is 0 Å². The van der Waals surface area contributed by atoms with Gasteiger partial charge in [0, 0.05) is 17.8 Å². The number of hydrogen-bond acceptors (Lipinski definition) is 3. The molecule has 2 rings (SSSR count). The molecule has 84 valence electrons. The Hall–Kier alpha value is -1.91. The van der Waals surface area contributed by atoms with E-state index < -0.39 is 5.91 Å². The molecule has 5 nitrogen and oxygen atoms in total. The lowest BCUT2D eigenvalue weighted by atomic mass is 9.93. The summed E-state index contributed by atoms with van der Waals surface area (Å²) in [6.45, 7) is 0. The van der Waals surface area contributed by atoms with Crippen LogP contribution in [0.4, 0.5) is 0 Å². The minimum atomic E-state index is -0.627. The van der Waals surface area contributed by atoms with Crippen molar-refractivity contribution in [1.82, 2.24) is 10.3 Å². The predicted molar refractivity (Wildman–Crippen MR) is 57.9 cm³/mol. The van der Waals surface area contributed by atoms with Crippen LogP contribution in [0.15, 0.2) is 18.3 Å². The summed E-state index contributed by atoms with van der Waals surface area (Å²) in [5, 5.41) is 2.88. The maximum Gasteiger partial charge on any atom is 0.267 e. The zero-order valence-electron chi connectivity index (χ0n) is 8.77. The molecule has 1 saturated carbocycles. The maximum atomic E-state index is 11.7. The highest BCUT2D eigenvalue weighted by atomic mass is 16.2. The van der Waals surface area contributed by atoms with E-state index in [0.29, 0.717) is 5.56 Å². The number of amides is 2. The molecule has 0 aromatic carbocycles. The molecule has 0 unspecified atom stereocenters. The fourth-order valence-electron chi connectivity index (χ4n) is 1.53. The Morgan fingerprint density at radius 3 is 2.75 bits per heavy atom. The Kier molecular flexibility index (Phi) is 2.85. The molecule has 0 atom stereocenters. The van der Waals surface area contributed by atoms with E-state index in [1.807, 2.05) is 0 Å². The van der Waals surface area contributed by atoms with E-state index in [1.54, 1.807) is 6.07 Å². The Balaban J connectivity index is 2.09. The summed E-state index contributed by atoms with van der Waals surface area (Å²) in [5.41, 5.74) is 5.63. The van der Waals surface area contributed by atoms with Gasteiger partial charge in [0.25, 0.3) is 11.8 Å². The number of nitrogens with one attached hydrogen (secondary N) is 1. The molecule has 1 aromatic heterocycles. The van der Waals surface area contributed by atoms with Gasteiger partial charge in [-0.2, -0.15) is 0 Å². The fourth-order valence-corrected chi connectivity index (χ4v) is 1.53. The van der Waals surface area contributed by atoms with E-state index in [0.717, 1.165) is 19.3 Å². The number of carbonyl (C=O) groups is 2. The van der Waals surface area contributed by atoms with Gasteiger partial charge in [-0.05, 0) is 31.4 Å². The van der Waals surface area contributed by atoms with Crippen molar-refractivity contribution in [2.75, 3.05) is 0 Å².